The molecule has 1 aliphatic rings. The van der Waals surface area contributed by atoms with Gasteiger partial charge in [0.15, 0.2) is 0 Å². The fourth-order valence-electron chi connectivity index (χ4n) is 3.48. The third-order valence-electron chi connectivity index (χ3n) is 5.28. The molecule has 0 radical (unpaired) electrons. The van der Waals surface area contributed by atoms with Crippen LogP contribution in [0, 0.1) is 0 Å². The zero-order chi connectivity index (χ0) is 19.8. The Bertz CT molecular complexity index is 610. The molecule has 0 saturated heterocycles. The lowest BCUT2D eigenvalue weighted by molar-refractivity contribution is -0.139. The van der Waals surface area contributed by atoms with E-state index in [9.17, 15) is 9.59 Å². The van der Waals surface area contributed by atoms with E-state index in [1.54, 1.807) is 0 Å². The minimum absolute atomic E-state index is 0.0677. The highest BCUT2D eigenvalue weighted by molar-refractivity contribution is 5.74. The summed E-state index contributed by atoms with van der Waals surface area (Å²) < 4.78 is 0. The van der Waals surface area contributed by atoms with E-state index < -0.39 is 5.97 Å². The third-order valence-corrected chi connectivity index (χ3v) is 5.28. The van der Waals surface area contributed by atoms with E-state index in [1.165, 1.54) is 11.1 Å². The van der Waals surface area contributed by atoms with E-state index in [-0.39, 0.29) is 24.7 Å². The Morgan fingerprint density at radius 3 is 2.44 bits per heavy atom. The number of carboxylic acid groups (broad SMARTS) is 1. The topological polar surface area (TPSA) is 81.7 Å². The molecule has 0 heterocycles. The van der Waals surface area contributed by atoms with Crippen molar-refractivity contribution in [3.8, 4) is 0 Å². The van der Waals surface area contributed by atoms with Crippen LogP contribution in [0.2, 0.25) is 0 Å². The number of hydrogen-bond acceptors (Lipinski definition) is 3. The Morgan fingerprint density at radius 2 is 1.89 bits per heavy atom. The SMILES string of the molecule is CCN(CC(=O)O)C1CC(NC(=O)NCCCc2ccc(C(C)C)cc2)C1. The highest BCUT2D eigenvalue weighted by Gasteiger charge is 2.34. The summed E-state index contributed by atoms with van der Waals surface area (Å²) in [5.41, 5.74) is 2.64. The number of nitrogens with zero attached hydrogens (tertiary/aromatic N) is 1. The summed E-state index contributed by atoms with van der Waals surface area (Å²) in [6.07, 6.45) is 3.49. The second-order valence-electron chi connectivity index (χ2n) is 7.68. The van der Waals surface area contributed by atoms with Crippen molar-refractivity contribution in [1.29, 1.82) is 0 Å². The number of hydrogen-bond donors (Lipinski definition) is 3. The number of carbonyl (C=O) groups is 2. The molecule has 1 aromatic rings. The van der Waals surface area contributed by atoms with Crippen molar-refractivity contribution in [3.63, 3.8) is 0 Å². The van der Waals surface area contributed by atoms with Gasteiger partial charge in [-0.15, -0.1) is 0 Å². The molecule has 0 unspecified atom stereocenters. The quantitative estimate of drug-likeness (QED) is 0.549. The monoisotopic (exact) mass is 375 g/mol. The van der Waals surface area contributed by atoms with E-state index in [0.29, 0.717) is 19.0 Å². The van der Waals surface area contributed by atoms with Crippen molar-refractivity contribution in [2.75, 3.05) is 19.6 Å². The predicted molar refractivity (Wildman–Crippen MR) is 107 cm³/mol. The molecule has 6 heteroatoms. The maximum absolute atomic E-state index is 12.0. The maximum Gasteiger partial charge on any atom is 0.317 e. The van der Waals surface area contributed by atoms with Crippen molar-refractivity contribution in [2.45, 2.75) is 64.5 Å². The molecule has 0 atom stereocenters. The number of nitrogens with one attached hydrogen (secondary N) is 2. The zero-order valence-corrected chi connectivity index (χ0v) is 16.7. The minimum atomic E-state index is -0.801. The van der Waals surface area contributed by atoms with Gasteiger partial charge in [0.05, 0.1) is 6.54 Å². The second kappa shape index (κ2) is 10.3. The highest BCUT2D eigenvalue weighted by atomic mass is 16.4. The maximum atomic E-state index is 12.0. The molecule has 6 nitrogen and oxygen atoms in total. The number of urea groups is 1. The van der Waals surface area contributed by atoms with E-state index >= 15 is 0 Å². The van der Waals surface area contributed by atoms with Crippen LogP contribution in [0.1, 0.15) is 57.1 Å². The lowest BCUT2D eigenvalue weighted by Crippen LogP contribution is -2.56. The van der Waals surface area contributed by atoms with Crippen molar-refractivity contribution in [2.24, 2.45) is 0 Å². The molecule has 1 saturated carbocycles. The molecule has 2 rings (SSSR count). The van der Waals surface area contributed by atoms with E-state index in [4.69, 9.17) is 5.11 Å². The number of amides is 2. The number of aryl methyl sites for hydroxylation is 1. The summed E-state index contributed by atoms with van der Waals surface area (Å²) in [6.45, 7) is 7.77. The molecule has 0 bridgehead atoms. The standard InChI is InChI=1S/C21H33N3O3/c1-4-24(14-20(25)26)19-12-18(13-19)23-21(27)22-11-5-6-16-7-9-17(10-8-16)15(2)3/h7-10,15,18-19H,4-6,11-14H2,1-3H3,(H,25,26)(H2,22,23,27). The molecule has 1 aliphatic carbocycles. The molecule has 0 spiro atoms. The van der Waals surface area contributed by atoms with Crippen LogP contribution < -0.4 is 10.6 Å². The van der Waals surface area contributed by atoms with E-state index in [1.807, 2.05) is 11.8 Å². The molecular weight excluding hydrogens is 342 g/mol. The highest BCUT2D eigenvalue weighted by Crippen LogP contribution is 2.25. The van der Waals surface area contributed by atoms with Crippen LogP contribution in [-0.2, 0) is 11.2 Å². The summed E-state index contributed by atoms with van der Waals surface area (Å²) in [5, 5.41) is 14.8. The lowest BCUT2D eigenvalue weighted by Gasteiger charge is -2.42. The minimum Gasteiger partial charge on any atom is -0.480 e. The normalized spacial score (nSPS) is 19.0. The van der Waals surface area contributed by atoms with Crippen LogP contribution >= 0.6 is 0 Å². The first-order valence-electron chi connectivity index (χ1n) is 9.98. The van der Waals surface area contributed by atoms with Crippen molar-refractivity contribution >= 4 is 12.0 Å². The Balaban J connectivity index is 1.58. The summed E-state index contributed by atoms with van der Waals surface area (Å²) in [7, 11) is 0. The molecule has 3 N–H and O–H groups in total. The molecular formula is C21H33N3O3. The van der Waals surface area contributed by atoms with Crippen LogP contribution in [0.15, 0.2) is 24.3 Å². The van der Waals surface area contributed by atoms with E-state index in [0.717, 1.165) is 25.7 Å². The van der Waals surface area contributed by atoms with Crippen molar-refractivity contribution in [3.05, 3.63) is 35.4 Å². The van der Waals surface area contributed by atoms with Crippen LogP contribution in [0.5, 0.6) is 0 Å². The molecule has 27 heavy (non-hydrogen) atoms. The van der Waals surface area contributed by atoms with Gasteiger partial charge < -0.3 is 15.7 Å². The van der Waals surface area contributed by atoms with Gasteiger partial charge in [-0.25, -0.2) is 4.79 Å². The lowest BCUT2D eigenvalue weighted by atomic mass is 9.85. The number of rotatable bonds is 10. The van der Waals surface area contributed by atoms with Gasteiger partial charge in [-0.2, -0.15) is 0 Å². The smallest absolute Gasteiger partial charge is 0.317 e. The number of carbonyl (C=O) groups excluding carboxylic acids is 1. The first-order chi connectivity index (χ1) is 12.9. The largest absolute Gasteiger partial charge is 0.480 e. The summed E-state index contributed by atoms with van der Waals surface area (Å²) in [6, 6.07) is 8.96. The summed E-state index contributed by atoms with van der Waals surface area (Å²) >= 11 is 0. The van der Waals surface area contributed by atoms with Crippen LogP contribution in [-0.4, -0.2) is 53.7 Å². The van der Waals surface area contributed by atoms with Gasteiger partial charge in [0, 0.05) is 18.6 Å². The van der Waals surface area contributed by atoms with Gasteiger partial charge in [0.25, 0.3) is 0 Å². The van der Waals surface area contributed by atoms with E-state index in [2.05, 4.69) is 48.7 Å². The van der Waals surface area contributed by atoms with Crippen LogP contribution in [0.4, 0.5) is 4.79 Å². The fraction of sp³-hybridized carbons (Fsp3) is 0.619. The average Bonchev–Trinajstić information content (AvgIpc) is 2.60. The molecule has 0 aliphatic heterocycles. The Hall–Kier alpha value is -2.08. The van der Waals surface area contributed by atoms with Crippen LogP contribution in [0.25, 0.3) is 0 Å². The first kappa shape index (κ1) is 21.2. The first-order valence-corrected chi connectivity index (χ1v) is 9.98. The van der Waals surface area contributed by atoms with Crippen molar-refractivity contribution < 1.29 is 14.7 Å². The Kier molecular flexibility index (Phi) is 8.10. The fourth-order valence-corrected chi connectivity index (χ4v) is 3.48. The number of carboxylic acids is 1. The van der Waals surface area contributed by atoms with Crippen LogP contribution in [0.3, 0.4) is 0 Å². The molecule has 2 amide bonds. The Labute approximate surface area is 162 Å². The van der Waals surface area contributed by atoms with Gasteiger partial charge >= 0.3 is 12.0 Å². The molecule has 150 valence electrons. The van der Waals surface area contributed by atoms with Gasteiger partial charge in [-0.3, -0.25) is 9.69 Å². The van der Waals surface area contributed by atoms with Crippen molar-refractivity contribution in [1.82, 2.24) is 15.5 Å². The summed E-state index contributed by atoms with van der Waals surface area (Å²) in [5.74, 6) is -0.256. The summed E-state index contributed by atoms with van der Waals surface area (Å²) in [4.78, 5) is 24.8. The number of aliphatic carboxylic acids is 1. The zero-order valence-electron chi connectivity index (χ0n) is 16.7. The van der Waals surface area contributed by atoms with Gasteiger partial charge in [-0.05, 0) is 49.3 Å². The molecule has 1 aromatic carbocycles. The molecule has 1 fully saturated rings. The second-order valence-corrected chi connectivity index (χ2v) is 7.68. The Morgan fingerprint density at radius 1 is 1.22 bits per heavy atom. The third kappa shape index (κ3) is 6.86. The van der Waals surface area contributed by atoms with Gasteiger partial charge in [0.2, 0.25) is 0 Å². The number of benzene rings is 1. The van der Waals surface area contributed by atoms with Gasteiger partial charge in [-0.1, -0.05) is 45.0 Å². The number of likely N-dealkylation sites (N-methyl/N-ethyl adjacent to an activating group) is 1. The predicted octanol–water partition coefficient (Wildman–Crippen LogP) is 2.98. The molecule has 0 aromatic heterocycles. The average molecular weight is 376 g/mol. The van der Waals surface area contributed by atoms with Gasteiger partial charge in [0.1, 0.15) is 0 Å².